The Balaban J connectivity index is 1.68. The average molecular weight is 375 g/mol. The van der Waals surface area contributed by atoms with Gasteiger partial charge in [-0.25, -0.2) is 4.98 Å². The Morgan fingerprint density at radius 2 is 1.89 bits per heavy atom. The van der Waals surface area contributed by atoms with Crippen molar-refractivity contribution in [3.05, 3.63) is 53.9 Å². The number of carbonyl (C=O) groups is 1. The van der Waals surface area contributed by atoms with E-state index >= 15 is 0 Å². The lowest BCUT2D eigenvalue weighted by Crippen LogP contribution is -2.22. The minimum Gasteiger partial charge on any atom is -0.443 e. The zero-order chi connectivity index (χ0) is 19.0. The molecule has 2 heterocycles. The van der Waals surface area contributed by atoms with Gasteiger partial charge < -0.3 is 14.6 Å². The maximum atomic E-state index is 13.1. The van der Waals surface area contributed by atoms with Crippen LogP contribution < -0.4 is 10.2 Å². The normalized spacial score (nSPS) is 14.7. The topological polar surface area (TPSA) is 58.4 Å². The summed E-state index contributed by atoms with van der Waals surface area (Å²) in [5, 5.41) is 2.63. The minimum absolute atomic E-state index is 0.150. The number of anilines is 2. The smallest absolute Gasteiger partial charge is 0.416 e. The summed E-state index contributed by atoms with van der Waals surface area (Å²) in [5.41, 5.74) is 1.28. The molecule has 1 saturated heterocycles. The minimum atomic E-state index is -4.48. The van der Waals surface area contributed by atoms with Crippen LogP contribution in [0.3, 0.4) is 0 Å². The van der Waals surface area contributed by atoms with Gasteiger partial charge in [0.1, 0.15) is 5.52 Å². The van der Waals surface area contributed by atoms with Crippen LogP contribution in [0.1, 0.15) is 28.8 Å². The van der Waals surface area contributed by atoms with Crippen LogP contribution >= 0.6 is 0 Å². The van der Waals surface area contributed by atoms with Crippen LogP contribution in [-0.4, -0.2) is 24.0 Å². The SMILES string of the molecule is O=C(Nc1cc(C(F)(F)F)ccc1N1CCCC1)c1ccc2ocnc2c1. The molecule has 8 heteroatoms. The van der Waals surface area contributed by atoms with Crippen LogP contribution in [0.5, 0.6) is 0 Å². The van der Waals surface area contributed by atoms with Gasteiger partial charge in [-0.15, -0.1) is 0 Å². The van der Waals surface area contributed by atoms with Crippen LogP contribution in [0.4, 0.5) is 24.5 Å². The summed E-state index contributed by atoms with van der Waals surface area (Å²) in [6, 6.07) is 8.14. The number of hydrogen-bond donors (Lipinski definition) is 1. The molecule has 4 rings (SSSR count). The van der Waals surface area contributed by atoms with Gasteiger partial charge in [-0.3, -0.25) is 4.79 Å². The number of rotatable bonds is 3. The third-order valence-electron chi connectivity index (χ3n) is 4.61. The van der Waals surface area contributed by atoms with E-state index < -0.39 is 17.6 Å². The van der Waals surface area contributed by atoms with Crippen LogP contribution in [0.25, 0.3) is 11.1 Å². The highest BCUT2D eigenvalue weighted by molar-refractivity contribution is 6.07. The van der Waals surface area contributed by atoms with Gasteiger partial charge in [0, 0.05) is 18.7 Å². The van der Waals surface area contributed by atoms with Crippen molar-refractivity contribution >= 4 is 28.4 Å². The predicted molar refractivity (Wildman–Crippen MR) is 94.9 cm³/mol. The largest absolute Gasteiger partial charge is 0.443 e. The van der Waals surface area contributed by atoms with Crippen molar-refractivity contribution in [1.82, 2.24) is 4.98 Å². The highest BCUT2D eigenvalue weighted by Crippen LogP contribution is 2.36. The summed E-state index contributed by atoms with van der Waals surface area (Å²) in [6.45, 7) is 1.50. The van der Waals surface area contributed by atoms with Gasteiger partial charge >= 0.3 is 6.18 Å². The van der Waals surface area contributed by atoms with E-state index in [9.17, 15) is 18.0 Å². The molecule has 0 bridgehead atoms. The maximum absolute atomic E-state index is 13.1. The van der Waals surface area contributed by atoms with Crippen molar-refractivity contribution in [3.63, 3.8) is 0 Å². The number of oxazole rings is 1. The Morgan fingerprint density at radius 1 is 1.11 bits per heavy atom. The molecule has 3 aromatic rings. The fourth-order valence-corrected chi connectivity index (χ4v) is 3.24. The number of fused-ring (bicyclic) bond motifs is 1. The molecule has 0 saturated carbocycles. The summed E-state index contributed by atoms with van der Waals surface area (Å²) in [5.74, 6) is -0.500. The number of alkyl halides is 3. The van der Waals surface area contributed by atoms with Crippen LogP contribution in [0.15, 0.2) is 47.2 Å². The van der Waals surface area contributed by atoms with Crippen molar-refractivity contribution < 1.29 is 22.4 Å². The van der Waals surface area contributed by atoms with Gasteiger partial charge in [-0.1, -0.05) is 0 Å². The van der Waals surface area contributed by atoms with E-state index in [2.05, 4.69) is 10.3 Å². The van der Waals surface area contributed by atoms with Crippen LogP contribution in [0, 0.1) is 0 Å². The fourth-order valence-electron chi connectivity index (χ4n) is 3.24. The number of hydrogen-bond acceptors (Lipinski definition) is 4. The molecule has 0 unspecified atom stereocenters. The molecule has 2 aromatic carbocycles. The van der Waals surface area contributed by atoms with Gasteiger partial charge in [-0.05, 0) is 49.2 Å². The number of halogens is 3. The molecule has 0 aliphatic carbocycles. The summed E-state index contributed by atoms with van der Waals surface area (Å²) < 4.78 is 44.5. The van der Waals surface area contributed by atoms with Crippen molar-refractivity contribution in [2.45, 2.75) is 19.0 Å². The van der Waals surface area contributed by atoms with Gasteiger partial charge in [0.05, 0.1) is 16.9 Å². The van der Waals surface area contributed by atoms with Crippen LogP contribution in [-0.2, 0) is 6.18 Å². The molecule has 1 aliphatic heterocycles. The summed E-state index contributed by atoms with van der Waals surface area (Å²) in [4.78, 5) is 18.6. The Bertz CT molecular complexity index is 991. The Labute approximate surface area is 152 Å². The first-order valence-electron chi connectivity index (χ1n) is 8.52. The third-order valence-corrected chi connectivity index (χ3v) is 4.61. The van der Waals surface area contributed by atoms with Gasteiger partial charge in [0.2, 0.25) is 0 Å². The number of nitrogens with one attached hydrogen (secondary N) is 1. The van der Waals surface area contributed by atoms with E-state index in [4.69, 9.17) is 4.42 Å². The monoisotopic (exact) mass is 375 g/mol. The molecule has 1 aliphatic rings. The number of benzene rings is 2. The van der Waals surface area contributed by atoms with E-state index in [-0.39, 0.29) is 5.69 Å². The van der Waals surface area contributed by atoms with Crippen molar-refractivity contribution in [2.75, 3.05) is 23.3 Å². The van der Waals surface area contributed by atoms with E-state index in [1.807, 2.05) is 4.90 Å². The predicted octanol–water partition coefficient (Wildman–Crippen LogP) is 4.70. The Hall–Kier alpha value is -3.03. The summed E-state index contributed by atoms with van der Waals surface area (Å²) in [6.07, 6.45) is -1.28. The van der Waals surface area contributed by atoms with Gasteiger partial charge in [0.25, 0.3) is 5.91 Å². The second kappa shape index (κ2) is 6.61. The molecule has 0 atom stereocenters. The van der Waals surface area contributed by atoms with Gasteiger partial charge in [-0.2, -0.15) is 13.2 Å². The molecule has 1 amide bonds. The molecule has 1 fully saturated rings. The molecular formula is C19H16F3N3O2. The molecule has 140 valence electrons. The molecule has 1 aromatic heterocycles. The Kier molecular flexibility index (Phi) is 4.25. The summed E-state index contributed by atoms with van der Waals surface area (Å²) in [7, 11) is 0. The molecule has 5 nitrogen and oxygen atoms in total. The van der Waals surface area contributed by atoms with Crippen molar-refractivity contribution in [1.29, 1.82) is 0 Å². The average Bonchev–Trinajstić information content (AvgIpc) is 3.32. The number of carbonyl (C=O) groups excluding carboxylic acids is 1. The van der Waals surface area contributed by atoms with Crippen molar-refractivity contribution in [3.8, 4) is 0 Å². The maximum Gasteiger partial charge on any atom is 0.416 e. The van der Waals surface area contributed by atoms with Crippen LogP contribution in [0.2, 0.25) is 0 Å². The van der Waals surface area contributed by atoms with E-state index in [0.29, 0.717) is 22.4 Å². The number of nitrogens with zero attached hydrogens (tertiary/aromatic N) is 2. The fraction of sp³-hybridized carbons (Fsp3) is 0.263. The van der Waals surface area contributed by atoms with E-state index in [1.165, 1.54) is 18.5 Å². The standard InChI is InChI=1S/C19H16F3N3O2/c20-19(21,22)13-4-5-16(25-7-1-2-8-25)14(10-13)24-18(26)12-3-6-17-15(9-12)23-11-27-17/h3-6,9-11H,1-2,7-8H2,(H,24,26). The first-order chi connectivity index (χ1) is 12.9. The first kappa shape index (κ1) is 17.4. The molecular weight excluding hydrogens is 359 g/mol. The molecule has 1 N–H and O–H groups in total. The second-order valence-corrected chi connectivity index (χ2v) is 6.41. The Morgan fingerprint density at radius 3 is 2.63 bits per heavy atom. The van der Waals surface area contributed by atoms with Crippen molar-refractivity contribution in [2.24, 2.45) is 0 Å². The summed E-state index contributed by atoms with van der Waals surface area (Å²) >= 11 is 0. The second-order valence-electron chi connectivity index (χ2n) is 6.41. The quantitative estimate of drug-likeness (QED) is 0.721. The number of aromatic nitrogens is 1. The number of amides is 1. The third kappa shape index (κ3) is 3.47. The van der Waals surface area contributed by atoms with Gasteiger partial charge in [0.15, 0.2) is 12.0 Å². The van der Waals surface area contributed by atoms with E-state index in [0.717, 1.165) is 38.1 Å². The lowest BCUT2D eigenvalue weighted by molar-refractivity contribution is -0.137. The molecule has 0 radical (unpaired) electrons. The molecule has 0 spiro atoms. The lowest BCUT2D eigenvalue weighted by Gasteiger charge is -2.23. The highest BCUT2D eigenvalue weighted by Gasteiger charge is 2.32. The molecule has 27 heavy (non-hydrogen) atoms. The van der Waals surface area contributed by atoms with E-state index in [1.54, 1.807) is 12.1 Å². The first-order valence-corrected chi connectivity index (χ1v) is 8.52. The zero-order valence-corrected chi connectivity index (χ0v) is 14.2. The lowest BCUT2D eigenvalue weighted by atomic mass is 10.1. The zero-order valence-electron chi connectivity index (χ0n) is 14.2. The highest BCUT2D eigenvalue weighted by atomic mass is 19.4.